The molecule has 6 N–H and O–H groups in total. The van der Waals surface area contributed by atoms with Crippen LogP contribution in [0.2, 0.25) is 0 Å². The number of nitrogens with two attached hydrogens (primary N) is 3. The van der Waals surface area contributed by atoms with Gasteiger partial charge < -0.3 is 17.2 Å². The van der Waals surface area contributed by atoms with Crippen molar-refractivity contribution in [2.75, 3.05) is 6.54 Å². The summed E-state index contributed by atoms with van der Waals surface area (Å²) in [6, 6.07) is 4.67. The fourth-order valence-electron chi connectivity index (χ4n) is 1.65. The van der Waals surface area contributed by atoms with E-state index in [1.807, 2.05) is 0 Å². The number of aryl methyl sites for hydroxylation is 1. The zero-order valence-corrected chi connectivity index (χ0v) is 9.61. The van der Waals surface area contributed by atoms with Crippen LogP contribution < -0.4 is 17.2 Å². The lowest BCUT2D eigenvalue weighted by molar-refractivity contribution is 0.0987. The largest absolute Gasteiger partial charge is 0.366 e. The molecule has 0 bridgehead atoms. The van der Waals surface area contributed by atoms with Gasteiger partial charge in [0, 0.05) is 11.1 Å². The van der Waals surface area contributed by atoms with E-state index in [0.29, 0.717) is 24.1 Å². The minimum Gasteiger partial charge on any atom is -0.366 e. The van der Waals surface area contributed by atoms with Crippen molar-refractivity contribution in [3.8, 4) is 0 Å². The summed E-state index contributed by atoms with van der Waals surface area (Å²) in [4.78, 5) is 22.3. The summed E-state index contributed by atoms with van der Waals surface area (Å²) >= 11 is 0. The number of carbonyl (C=O) groups excluding carboxylic acids is 2. The lowest BCUT2D eigenvalue weighted by atomic mass is 9.98. The molecule has 0 aliphatic rings. The first kappa shape index (κ1) is 13.2. The van der Waals surface area contributed by atoms with Gasteiger partial charge >= 0.3 is 0 Å². The lowest BCUT2D eigenvalue weighted by Crippen LogP contribution is -2.17. The van der Waals surface area contributed by atoms with Gasteiger partial charge in [-0.3, -0.25) is 9.59 Å². The standard InChI is InChI=1S/C12H17N3O2/c13-6-2-1-3-8-7-9(11(14)16)4-5-10(8)12(15)17/h4-5,7H,1-3,6,13H2,(H2,14,16)(H2,15,17). The highest BCUT2D eigenvalue weighted by Crippen LogP contribution is 2.14. The first-order valence-corrected chi connectivity index (χ1v) is 5.49. The minimum absolute atomic E-state index is 0.387. The van der Waals surface area contributed by atoms with Gasteiger partial charge in [-0.25, -0.2) is 0 Å². The molecule has 0 aromatic heterocycles. The van der Waals surface area contributed by atoms with Crippen molar-refractivity contribution in [1.29, 1.82) is 0 Å². The van der Waals surface area contributed by atoms with Crippen LogP contribution in [0.5, 0.6) is 0 Å². The lowest BCUT2D eigenvalue weighted by Gasteiger charge is -2.08. The summed E-state index contributed by atoms with van der Waals surface area (Å²) in [5.74, 6) is -1.01. The number of carbonyl (C=O) groups is 2. The number of primary amides is 2. The summed E-state index contributed by atoms with van der Waals surface area (Å²) in [6.45, 7) is 0.599. The van der Waals surface area contributed by atoms with E-state index in [9.17, 15) is 9.59 Å². The second kappa shape index (κ2) is 6.00. The minimum atomic E-state index is -0.513. The average molecular weight is 235 g/mol. The van der Waals surface area contributed by atoms with Crippen LogP contribution in [0, 0.1) is 0 Å². The Morgan fingerprint density at radius 3 is 2.29 bits per heavy atom. The Balaban J connectivity index is 2.98. The Morgan fingerprint density at radius 1 is 1.06 bits per heavy atom. The number of rotatable bonds is 6. The predicted octanol–water partition coefficient (Wildman–Crippen LogP) is 0.166. The fourth-order valence-corrected chi connectivity index (χ4v) is 1.65. The van der Waals surface area contributed by atoms with E-state index < -0.39 is 11.8 Å². The maximum absolute atomic E-state index is 11.2. The van der Waals surface area contributed by atoms with E-state index in [-0.39, 0.29) is 0 Å². The smallest absolute Gasteiger partial charge is 0.248 e. The zero-order chi connectivity index (χ0) is 12.8. The van der Waals surface area contributed by atoms with Crippen LogP contribution in [0.25, 0.3) is 0 Å². The Kier molecular flexibility index (Phi) is 4.66. The zero-order valence-electron chi connectivity index (χ0n) is 9.61. The molecule has 1 aromatic rings. The summed E-state index contributed by atoms with van der Waals surface area (Å²) < 4.78 is 0. The van der Waals surface area contributed by atoms with Crippen LogP contribution in [-0.4, -0.2) is 18.4 Å². The topological polar surface area (TPSA) is 112 Å². The predicted molar refractivity (Wildman–Crippen MR) is 65.5 cm³/mol. The molecule has 5 heteroatoms. The van der Waals surface area contributed by atoms with Crippen molar-refractivity contribution in [2.24, 2.45) is 17.2 Å². The van der Waals surface area contributed by atoms with Crippen LogP contribution in [0.3, 0.4) is 0 Å². The molecule has 0 unspecified atom stereocenters. The molecule has 2 amide bonds. The summed E-state index contributed by atoms with van der Waals surface area (Å²) in [7, 11) is 0. The van der Waals surface area contributed by atoms with Crippen LogP contribution in [-0.2, 0) is 6.42 Å². The quantitative estimate of drug-likeness (QED) is 0.610. The molecule has 17 heavy (non-hydrogen) atoms. The van der Waals surface area contributed by atoms with Crippen molar-refractivity contribution >= 4 is 11.8 Å². The number of benzene rings is 1. The Morgan fingerprint density at radius 2 is 1.76 bits per heavy atom. The number of hydrogen-bond donors (Lipinski definition) is 3. The third kappa shape index (κ3) is 3.57. The third-order valence-corrected chi connectivity index (χ3v) is 2.56. The van der Waals surface area contributed by atoms with Gasteiger partial charge in [0.15, 0.2) is 0 Å². The molecule has 0 fully saturated rings. The van der Waals surface area contributed by atoms with Gasteiger partial charge in [0.2, 0.25) is 11.8 Å². The van der Waals surface area contributed by atoms with Gasteiger partial charge in [-0.05, 0) is 49.6 Å². The highest BCUT2D eigenvalue weighted by atomic mass is 16.1. The van der Waals surface area contributed by atoms with Crippen molar-refractivity contribution in [2.45, 2.75) is 19.3 Å². The summed E-state index contributed by atoms with van der Waals surface area (Å²) in [6.07, 6.45) is 2.37. The summed E-state index contributed by atoms with van der Waals surface area (Å²) in [5, 5.41) is 0. The van der Waals surface area contributed by atoms with Gasteiger partial charge in [0.05, 0.1) is 0 Å². The second-order valence-electron chi connectivity index (χ2n) is 3.85. The molecular weight excluding hydrogens is 218 g/mol. The Hall–Kier alpha value is -1.88. The maximum Gasteiger partial charge on any atom is 0.248 e. The molecule has 1 rings (SSSR count). The first-order chi connectivity index (χ1) is 8.06. The van der Waals surface area contributed by atoms with Crippen molar-refractivity contribution in [3.05, 3.63) is 34.9 Å². The van der Waals surface area contributed by atoms with Crippen LogP contribution in [0.1, 0.15) is 39.1 Å². The van der Waals surface area contributed by atoms with E-state index in [2.05, 4.69) is 0 Å². The molecule has 92 valence electrons. The number of hydrogen-bond acceptors (Lipinski definition) is 3. The molecule has 5 nitrogen and oxygen atoms in total. The molecule has 1 aromatic carbocycles. The monoisotopic (exact) mass is 235 g/mol. The molecular formula is C12H17N3O2. The van der Waals surface area contributed by atoms with Gasteiger partial charge in [-0.2, -0.15) is 0 Å². The Bertz CT molecular complexity index is 430. The van der Waals surface area contributed by atoms with E-state index >= 15 is 0 Å². The molecule has 0 spiro atoms. The van der Waals surface area contributed by atoms with Crippen molar-refractivity contribution in [1.82, 2.24) is 0 Å². The fraction of sp³-hybridized carbons (Fsp3) is 0.333. The van der Waals surface area contributed by atoms with E-state index in [1.54, 1.807) is 12.1 Å². The van der Waals surface area contributed by atoms with Gasteiger partial charge in [0.1, 0.15) is 0 Å². The molecule has 0 saturated heterocycles. The molecule has 0 aliphatic carbocycles. The molecule has 0 aliphatic heterocycles. The normalized spacial score (nSPS) is 10.2. The molecule has 0 radical (unpaired) electrons. The van der Waals surface area contributed by atoms with E-state index in [1.165, 1.54) is 6.07 Å². The van der Waals surface area contributed by atoms with E-state index in [4.69, 9.17) is 17.2 Å². The maximum atomic E-state index is 11.2. The van der Waals surface area contributed by atoms with Gasteiger partial charge in [-0.15, -0.1) is 0 Å². The molecule has 0 atom stereocenters. The molecule has 0 heterocycles. The number of unbranched alkanes of at least 4 members (excludes halogenated alkanes) is 1. The van der Waals surface area contributed by atoms with E-state index in [0.717, 1.165) is 18.4 Å². The number of amides is 2. The average Bonchev–Trinajstić information content (AvgIpc) is 2.28. The van der Waals surface area contributed by atoms with Crippen LogP contribution >= 0.6 is 0 Å². The van der Waals surface area contributed by atoms with Crippen molar-refractivity contribution < 1.29 is 9.59 Å². The highest BCUT2D eigenvalue weighted by Gasteiger charge is 2.10. The molecule has 0 saturated carbocycles. The van der Waals surface area contributed by atoms with Crippen LogP contribution in [0.15, 0.2) is 18.2 Å². The summed E-state index contributed by atoms with van der Waals surface area (Å²) in [5.41, 5.74) is 17.4. The highest BCUT2D eigenvalue weighted by molar-refractivity contribution is 5.97. The Labute approximate surface area is 100.0 Å². The van der Waals surface area contributed by atoms with Gasteiger partial charge in [-0.1, -0.05) is 0 Å². The van der Waals surface area contributed by atoms with Crippen LogP contribution in [0.4, 0.5) is 0 Å². The SMILES string of the molecule is NCCCCc1cc(C(N)=O)ccc1C(N)=O. The first-order valence-electron chi connectivity index (χ1n) is 5.49. The van der Waals surface area contributed by atoms with Crippen molar-refractivity contribution in [3.63, 3.8) is 0 Å². The van der Waals surface area contributed by atoms with Gasteiger partial charge in [0.25, 0.3) is 0 Å². The second-order valence-corrected chi connectivity index (χ2v) is 3.85. The third-order valence-electron chi connectivity index (χ3n) is 2.56.